The molecule has 0 spiro atoms. The van der Waals surface area contributed by atoms with E-state index in [1.54, 1.807) is 0 Å². The summed E-state index contributed by atoms with van der Waals surface area (Å²) in [4.78, 5) is 0. The lowest BCUT2D eigenvalue weighted by Crippen LogP contribution is -2.53. The Morgan fingerprint density at radius 1 is 0.414 bits per heavy atom. The van der Waals surface area contributed by atoms with Gasteiger partial charge in [0.1, 0.15) is 0 Å². The van der Waals surface area contributed by atoms with Gasteiger partial charge in [-0.2, -0.15) is 0 Å². The predicted octanol–water partition coefficient (Wildman–Crippen LogP) is 3.51. The van der Waals surface area contributed by atoms with Gasteiger partial charge in [0.05, 0.1) is 0 Å². The molecule has 0 saturated heterocycles. The van der Waals surface area contributed by atoms with Crippen LogP contribution in [-0.2, 0) is 0 Å². The van der Waals surface area contributed by atoms with E-state index in [0.717, 1.165) is 35.5 Å². The van der Waals surface area contributed by atoms with Gasteiger partial charge in [-0.3, -0.25) is 0 Å². The summed E-state index contributed by atoms with van der Waals surface area (Å²) in [6.07, 6.45) is 18.1. The third kappa shape index (κ3) is 3.41. The Hall–Kier alpha value is -0.160. The molecule has 0 bridgehead atoms. The van der Waals surface area contributed by atoms with E-state index in [-0.39, 0.29) is 0 Å². The number of hydrogen-bond acceptors (Lipinski definition) is 4. The molecule has 0 aromatic rings. The summed E-state index contributed by atoms with van der Waals surface area (Å²) in [6.45, 7) is 0. The van der Waals surface area contributed by atoms with Crippen molar-refractivity contribution in [2.75, 3.05) is 0 Å². The molecule has 6 unspecified atom stereocenters. The van der Waals surface area contributed by atoms with Crippen molar-refractivity contribution in [2.45, 2.75) is 114 Å². The molecule has 0 aliphatic heterocycles. The lowest BCUT2D eigenvalue weighted by molar-refractivity contribution is -0.0792. The zero-order valence-corrected chi connectivity index (χ0v) is 18.5. The molecule has 5 aliphatic rings. The van der Waals surface area contributed by atoms with Crippen molar-refractivity contribution in [3.8, 4) is 0 Å². The quantitative estimate of drug-likeness (QED) is 0.567. The first-order chi connectivity index (χ1) is 14.0. The zero-order valence-electron chi connectivity index (χ0n) is 18.5. The Labute approximate surface area is 178 Å². The summed E-state index contributed by atoms with van der Waals surface area (Å²) in [5.74, 6) is 5.20. The van der Waals surface area contributed by atoms with Crippen LogP contribution in [0.1, 0.15) is 89.9 Å². The maximum Gasteiger partial charge on any atom is 0.00418 e. The average Bonchev–Trinajstić information content (AvgIpc) is 2.99. The van der Waals surface area contributed by atoms with Crippen LogP contribution in [0.15, 0.2) is 0 Å². The summed E-state index contributed by atoms with van der Waals surface area (Å²) >= 11 is 0. The van der Waals surface area contributed by atoms with Crippen molar-refractivity contribution in [3.05, 3.63) is 0 Å². The number of nitrogens with two attached hydrogens (primary N) is 4. The van der Waals surface area contributed by atoms with Gasteiger partial charge >= 0.3 is 0 Å². The average molecular weight is 403 g/mol. The standard InChI is InChI=1S/C25H46N4/c26-17-5-1-15(2-6-17)25(16-3-7-18(27)8-4-16)23-13-19(28)9-11-21(23)22-12-10-20(29)14-24(22)25/h15-24H,1-14,26-29H2. The summed E-state index contributed by atoms with van der Waals surface area (Å²) in [7, 11) is 0. The molecule has 0 radical (unpaired) electrons. The van der Waals surface area contributed by atoms with Crippen molar-refractivity contribution in [1.82, 2.24) is 0 Å². The van der Waals surface area contributed by atoms with E-state index in [0.29, 0.717) is 29.6 Å². The minimum atomic E-state index is 0.418. The Morgan fingerprint density at radius 2 is 0.759 bits per heavy atom. The molecule has 29 heavy (non-hydrogen) atoms. The van der Waals surface area contributed by atoms with Gasteiger partial charge in [0.25, 0.3) is 0 Å². The van der Waals surface area contributed by atoms with Crippen LogP contribution >= 0.6 is 0 Å². The highest BCUT2D eigenvalue weighted by atomic mass is 14.8. The van der Waals surface area contributed by atoms with E-state index in [1.165, 1.54) is 89.9 Å². The first-order valence-electron chi connectivity index (χ1n) is 13.0. The van der Waals surface area contributed by atoms with Gasteiger partial charge in [0, 0.05) is 24.2 Å². The fourth-order valence-electron chi connectivity index (χ4n) is 9.69. The molecule has 4 nitrogen and oxygen atoms in total. The fourth-order valence-corrected chi connectivity index (χ4v) is 9.69. The van der Waals surface area contributed by atoms with E-state index in [2.05, 4.69) is 0 Å². The fraction of sp³-hybridized carbons (Fsp3) is 1.00. The van der Waals surface area contributed by atoms with Crippen molar-refractivity contribution in [1.29, 1.82) is 0 Å². The van der Waals surface area contributed by atoms with Gasteiger partial charge in [-0.1, -0.05) is 0 Å². The minimum absolute atomic E-state index is 0.418. The van der Waals surface area contributed by atoms with E-state index in [9.17, 15) is 0 Å². The molecule has 0 aromatic heterocycles. The summed E-state index contributed by atoms with van der Waals surface area (Å²) in [5.41, 5.74) is 26.6. The van der Waals surface area contributed by atoms with Crippen LogP contribution in [0.4, 0.5) is 0 Å². The minimum Gasteiger partial charge on any atom is -0.328 e. The highest BCUT2D eigenvalue weighted by molar-refractivity contribution is 5.15. The van der Waals surface area contributed by atoms with Crippen LogP contribution in [0, 0.1) is 40.9 Å². The van der Waals surface area contributed by atoms with Gasteiger partial charge in [-0.25, -0.2) is 0 Å². The summed E-state index contributed by atoms with van der Waals surface area (Å²) in [6, 6.07) is 1.69. The van der Waals surface area contributed by atoms with E-state index < -0.39 is 0 Å². The van der Waals surface area contributed by atoms with Crippen LogP contribution in [0.3, 0.4) is 0 Å². The van der Waals surface area contributed by atoms with E-state index in [1.807, 2.05) is 0 Å². The molecular formula is C25H46N4. The summed E-state index contributed by atoms with van der Waals surface area (Å²) in [5, 5.41) is 0. The van der Waals surface area contributed by atoms with Gasteiger partial charge in [0.2, 0.25) is 0 Å². The van der Waals surface area contributed by atoms with E-state index in [4.69, 9.17) is 22.9 Å². The van der Waals surface area contributed by atoms with Gasteiger partial charge in [-0.15, -0.1) is 0 Å². The number of fused-ring (bicyclic) bond motifs is 3. The SMILES string of the molecule is NC1CCC(C2(C3CCC(N)CC3)C3CC(N)CCC3C3CCC(N)CC32)CC1. The molecule has 6 atom stereocenters. The highest BCUT2D eigenvalue weighted by Crippen LogP contribution is 2.71. The van der Waals surface area contributed by atoms with Crippen LogP contribution in [0.5, 0.6) is 0 Å². The second-order valence-corrected chi connectivity index (χ2v) is 11.9. The first kappa shape index (κ1) is 20.7. The zero-order chi connectivity index (χ0) is 20.2. The first-order valence-corrected chi connectivity index (χ1v) is 13.0. The van der Waals surface area contributed by atoms with Crippen molar-refractivity contribution < 1.29 is 0 Å². The Morgan fingerprint density at radius 3 is 1.14 bits per heavy atom. The van der Waals surface area contributed by atoms with Crippen molar-refractivity contribution >= 4 is 0 Å². The Kier molecular flexibility index (Phi) is 5.77. The molecule has 5 fully saturated rings. The molecule has 166 valence electrons. The molecule has 5 saturated carbocycles. The molecule has 5 aliphatic carbocycles. The molecule has 0 amide bonds. The third-order valence-corrected chi connectivity index (χ3v) is 10.7. The molecule has 0 heterocycles. The van der Waals surface area contributed by atoms with Crippen LogP contribution in [-0.4, -0.2) is 24.2 Å². The Bertz CT molecular complexity index is 513. The lowest BCUT2D eigenvalue weighted by Gasteiger charge is -2.57. The second-order valence-electron chi connectivity index (χ2n) is 11.9. The van der Waals surface area contributed by atoms with Gasteiger partial charge < -0.3 is 22.9 Å². The number of rotatable bonds is 2. The monoisotopic (exact) mass is 402 g/mol. The third-order valence-electron chi connectivity index (χ3n) is 10.7. The molecule has 8 N–H and O–H groups in total. The maximum atomic E-state index is 6.67. The normalized spacial score (nSPS) is 55.9. The Balaban J connectivity index is 1.57. The highest BCUT2D eigenvalue weighted by Gasteiger charge is 2.66. The lowest BCUT2D eigenvalue weighted by atomic mass is 9.48. The van der Waals surface area contributed by atoms with Gasteiger partial charge in [-0.05, 0) is 131 Å². The second kappa shape index (κ2) is 8.07. The van der Waals surface area contributed by atoms with Gasteiger partial charge in [0.15, 0.2) is 0 Å². The molecule has 5 rings (SSSR count). The molecular weight excluding hydrogens is 356 g/mol. The van der Waals surface area contributed by atoms with Crippen LogP contribution < -0.4 is 22.9 Å². The van der Waals surface area contributed by atoms with Crippen LogP contribution in [0.25, 0.3) is 0 Å². The predicted molar refractivity (Wildman–Crippen MR) is 120 cm³/mol. The topological polar surface area (TPSA) is 104 Å². The maximum absolute atomic E-state index is 6.67. The van der Waals surface area contributed by atoms with Crippen LogP contribution in [0.2, 0.25) is 0 Å². The smallest absolute Gasteiger partial charge is 0.00418 e. The molecule has 4 heteroatoms. The van der Waals surface area contributed by atoms with E-state index >= 15 is 0 Å². The van der Waals surface area contributed by atoms with Crippen molar-refractivity contribution in [2.24, 2.45) is 63.9 Å². The largest absolute Gasteiger partial charge is 0.328 e. The molecule has 0 aromatic carbocycles. The summed E-state index contributed by atoms with van der Waals surface area (Å²) < 4.78 is 0. The number of hydrogen-bond donors (Lipinski definition) is 4. The van der Waals surface area contributed by atoms with Crippen molar-refractivity contribution in [3.63, 3.8) is 0 Å².